The maximum absolute atomic E-state index is 12.4. The molecular weight excluding hydrogens is 224 g/mol. The molecule has 2 aromatic rings. The van der Waals surface area contributed by atoms with Gasteiger partial charge in [-0.05, 0) is 43.3 Å². The van der Waals surface area contributed by atoms with E-state index in [1.165, 1.54) is 0 Å². The lowest BCUT2D eigenvalue weighted by atomic mass is 9.83. The van der Waals surface area contributed by atoms with Crippen LogP contribution >= 0.6 is 0 Å². The van der Waals surface area contributed by atoms with Gasteiger partial charge in [-0.25, -0.2) is 0 Å². The molecule has 3 rings (SSSR count). The highest BCUT2D eigenvalue weighted by Crippen LogP contribution is 2.22. The predicted octanol–water partition coefficient (Wildman–Crippen LogP) is 2.27. The number of benzene rings is 1. The fraction of sp³-hybridized carbons (Fsp3) is 0.333. The average molecular weight is 240 g/mol. The van der Waals surface area contributed by atoms with Gasteiger partial charge in [0.15, 0.2) is 5.78 Å². The molecule has 1 aromatic carbocycles. The highest BCUT2D eigenvalue weighted by molar-refractivity contribution is 6.00. The average Bonchev–Trinajstić information content (AvgIpc) is 2.35. The lowest BCUT2D eigenvalue weighted by Gasteiger charge is -2.31. The van der Waals surface area contributed by atoms with E-state index in [1.54, 1.807) is 6.20 Å². The van der Waals surface area contributed by atoms with E-state index in [0.29, 0.717) is 5.92 Å². The summed E-state index contributed by atoms with van der Waals surface area (Å²) in [5.74, 6) is 0.828. The van der Waals surface area contributed by atoms with E-state index in [0.717, 1.165) is 29.6 Å². The first kappa shape index (κ1) is 11.4. The van der Waals surface area contributed by atoms with Gasteiger partial charge in [0.25, 0.3) is 0 Å². The van der Waals surface area contributed by atoms with Crippen molar-refractivity contribution in [1.29, 1.82) is 0 Å². The topological polar surface area (TPSA) is 42.0 Å². The Morgan fingerprint density at radius 1 is 1.39 bits per heavy atom. The van der Waals surface area contributed by atoms with E-state index in [4.69, 9.17) is 0 Å². The number of aromatic nitrogens is 1. The zero-order chi connectivity index (χ0) is 12.5. The first-order valence-electron chi connectivity index (χ1n) is 6.35. The van der Waals surface area contributed by atoms with Crippen molar-refractivity contribution in [2.45, 2.75) is 6.92 Å². The Balaban J connectivity index is 1.91. The molecule has 92 valence electrons. The molecule has 0 spiro atoms. The number of carbonyl (C=O) groups is 1. The first-order chi connectivity index (χ1) is 8.75. The Morgan fingerprint density at radius 2 is 2.22 bits per heavy atom. The summed E-state index contributed by atoms with van der Waals surface area (Å²) in [6, 6.07) is 9.66. The van der Waals surface area contributed by atoms with Crippen molar-refractivity contribution in [2.24, 2.45) is 11.8 Å². The van der Waals surface area contributed by atoms with Crippen molar-refractivity contribution < 1.29 is 4.79 Å². The number of nitrogens with one attached hydrogen (secondary N) is 1. The SMILES string of the molecule is CC(C(=O)c1ccc2ncccc2c1)C1CNC1. The first-order valence-corrected chi connectivity index (χ1v) is 6.35. The Bertz CT molecular complexity index is 590. The highest BCUT2D eigenvalue weighted by Gasteiger charge is 2.29. The van der Waals surface area contributed by atoms with E-state index in [2.05, 4.69) is 10.3 Å². The lowest BCUT2D eigenvalue weighted by molar-refractivity contribution is 0.0854. The third-order valence-corrected chi connectivity index (χ3v) is 3.82. The largest absolute Gasteiger partial charge is 0.316 e. The number of Topliss-reactive ketones (excluding diaryl/α,β-unsaturated/α-hetero) is 1. The van der Waals surface area contributed by atoms with E-state index < -0.39 is 0 Å². The van der Waals surface area contributed by atoms with Crippen molar-refractivity contribution in [3.8, 4) is 0 Å². The third-order valence-electron chi connectivity index (χ3n) is 3.82. The molecule has 3 nitrogen and oxygen atoms in total. The van der Waals surface area contributed by atoms with Crippen LogP contribution in [0.1, 0.15) is 17.3 Å². The molecular formula is C15H16N2O. The van der Waals surface area contributed by atoms with Crippen molar-refractivity contribution in [2.75, 3.05) is 13.1 Å². The summed E-state index contributed by atoms with van der Waals surface area (Å²) < 4.78 is 0. The summed E-state index contributed by atoms with van der Waals surface area (Å²) in [5.41, 5.74) is 1.74. The Hall–Kier alpha value is -1.74. The third kappa shape index (κ3) is 1.91. The number of hydrogen-bond acceptors (Lipinski definition) is 3. The van der Waals surface area contributed by atoms with Gasteiger partial charge in [0.05, 0.1) is 5.52 Å². The number of pyridine rings is 1. The van der Waals surface area contributed by atoms with E-state index in [9.17, 15) is 4.79 Å². The van der Waals surface area contributed by atoms with Crippen LogP contribution in [0.3, 0.4) is 0 Å². The van der Waals surface area contributed by atoms with E-state index in [1.807, 2.05) is 37.3 Å². The van der Waals surface area contributed by atoms with Crippen LogP contribution in [0, 0.1) is 11.8 Å². The fourth-order valence-corrected chi connectivity index (χ4v) is 2.37. The van der Waals surface area contributed by atoms with Crippen LogP contribution in [0.4, 0.5) is 0 Å². The van der Waals surface area contributed by atoms with Gasteiger partial charge in [-0.3, -0.25) is 9.78 Å². The second-order valence-electron chi connectivity index (χ2n) is 4.98. The molecule has 0 bridgehead atoms. The highest BCUT2D eigenvalue weighted by atomic mass is 16.1. The monoisotopic (exact) mass is 240 g/mol. The molecule has 18 heavy (non-hydrogen) atoms. The van der Waals surface area contributed by atoms with Gasteiger partial charge in [-0.2, -0.15) is 0 Å². The second-order valence-corrected chi connectivity index (χ2v) is 4.98. The van der Waals surface area contributed by atoms with E-state index in [-0.39, 0.29) is 11.7 Å². The molecule has 1 N–H and O–H groups in total. The molecule has 1 aliphatic rings. The number of fused-ring (bicyclic) bond motifs is 1. The maximum atomic E-state index is 12.4. The van der Waals surface area contributed by atoms with Crippen molar-refractivity contribution in [1.82, 2.24) is 10.3 Å². The molecule has 0 saturated carbocycles. The molecule has 1 saturated heterocycles. The summed E-state index contributed by atoms with van der Waals surface area (Å²) >= 11 is 0. The summed E-state index contributed by atoms with van der Waals surface area (Å²) in [4.78, 5) is 16.6. The summed E-state index contributed by atoms with van der Waals surface area (Å²) in [6.45, 7) is 3.95. The zero-order valence-electron chi connectivity index (χ0n) is 10.4. The molecule has 3 heteroatoms. The van der Waals surface area contributed by atoms with Crippen molar-refractivity contribution >= 4 is 16.7 Å². The van der Waals surface area contributed by atoms with Gasteiger partial charge in [-0.1, -0.05) is 13.0 Å². The minimum absolute atomic E-state index is 0.0976. The molecule has 0 amide bonds. The van der Waals surface area contributed by atoms with Crippen LogP contribution in [0.2, 0.25) is 0 Å². The minimum Gasteiger partial charge on any atom is -0.316 e. The summed E-state index contributed by atoms with van der Waals surface area (Å²) in [6.07, 6.45) is 1.77. The van der Waals surface area contributed by atoms with Gasteiger partial charge < -0.3 is 5.32 Å². The van der Waals surface area contributed by atoms with Crippen molar-refractivity contribution in [3.05, 3.63) is 42.1 Å². The molecule has 1 aromatic heterocycles. The van der Waals surface area contributed by atoms with Crippen LogP contribution in [0.5, 0.6) is 0 Å². The van der Waals surface area contributed by atoms with Crippen molar-refractivity contribution in [3.63, 3.8) is 0 Å². The summed E-state index contributed by atoms with van der Waals surface area (Å²) in [7, 11) is 0. The predicted molar refractivity (Wildman–Crippen MR) is 71.6 cm³/mol. The quantitative estimate of drug-likeness (QED) is 0.837. The van der Waals surface area contributed by atoms with Crippen LogP contribution in [-0.4, -0.2) is 23.9 Å². The number of hydrogen-bond donors (Lipinski definition) is 1. The van der Waals surface area contributed by atoms with E-state index >= 15 is 0 Å². The Labute approximate surface area is 106 Å². The molecule has 0 radical (unpaired) electrons. The second kappa shape index (κ2) is 4.50. The Kier molecular flexibility index (Phi) is 2.84. The van der Waals surface area contributed by atoms with Gasteiger partial charge in [0.1, 0.15) is 0 Å². The van der Waals surface area contributed by atoms with Gasteiger partial charge in [0.2, 0.25) is 0 Å². The molecule has 1 fully saturated rings. The Morgan fingerprint density at radius 3 is 2.94 bits per heavy atom. The van der Waals surface area contributed by atoms with Gasteiger partial charge in [-0.15, -0.1) is 0 Å². The van der Waals surface area contributed by atoms with Crippen LogP contribution < -0.4 is 5.32 Å². The summed E-state index contributed by atoms with van der Waals surface area (Å²) in [5, 5.41) is 4.25. The molecule has 1 atom stereocenters. The molecule has 0 aliphatic carbocycles. The molecule has 1 aliphatic heterocycles. The van der Waals surface area contributed by atoms with Gasteiger partial charge >= 0.3 is 0 Å². The van der Waals surface area contributed by atoms with Crippen LogP contribution in [-0.2, 0) is 0 Å². The normalized spacial score (nSPS) is 17.4. The smallest absolute Gasteiger partial charge is 0.166 e. The lowest BCUT2D eigenvalue weighted by Crippen LogP contribution is -2.47. The van der Waals surface area contributed by atoms with Gasteiger partial charge in [0, 0.05) is 23.1 Å². The molecule has 2 heterocycles. The number of rotatable bonds is 3. The zero-order valence-corrected chi connectivity index (χ0v) is 10.4. The van der Waals surface area contributed by atoms with Crippen LogP contribution in [0.25, 0.3) is 10.9 Å². The maximum Gasteiger partial charge on any atom is 0.166 e. The number of carbonyl (C=O) groups excluding carboxylic acids is 1. The van der Waals surface area contributed by atoms with Crippen LogP contribution in [0.15, 0.2) is 36.5 Å². The number of nitrogens with zero attached hydrogens (tertiary/aromatic N) is 1. The standard InChI is InChI=1S/C15H16N2O/c1-10(13-8-16-9-13)15(18)12-4-5-14-11(7-12)3-2-6-17-14/h2-7,10,13,16H,8-9H2,1H3. The fourth-order valence-electron chi connectivity index (χ4n) is 2.37. The minimum atomic E-state index is 0.0976. The number of ketones is 1. The molecule has 1 unspecified atom stereocenters.